The van der Waals surface area contributed by atoms with E-state index in [-0.39, 0.29) is 12.1 Å². The number of para-hydroxylation sites is 1. The van der Waals surface area contributed by atoms with Gasteiger partial charge in [0, 0.05) is 18.3 Å². The van der Waals surface area contributed by atoms with Crippen molar-refractivity contribution in [3.8, 4) is 11.5 Å². The van der Waals surface area contributed by atoms with Crippen LogP contribution in [0.4, 0.5) is 4.79 Å². The fraction of sp³-hybridized carbons (Fsp3) is 0.259. The molecule has 2 aromatic heterocycles. The highest BCUT2D eigenvalue weighted by atomic mass is 16.2. The molecule has 0 fully saturated rings. The Morgan fingerprint density at radius 2 is 1.73 bits per heavy atom. The first kappa shape index (κ1) is 21.1. The number of hydrogen-bond acceptors (Lipinski definition) is 2. The van der Waals surface area contributed by atoms with Crippen LogP contribution in [0, 0.1) is 0 Å². The molecular formula is C27H29N5O. The minimum atomic E-state index is -0.209. The van der Waals surface area contributed by atoms with E-state index in [0.717, 1.165) is 46.9 Å². The van der Waals surface area contributed by atoms with E-state index in [9.17, 15) is 4.79 Å². The van der Waals surface area contributed by atoms with Gasteiger partial charge in [0.05, 0.1) is 29.7 Å². The zero-order valence-corrected chi connectivity index (χ0v) is 19.1. The molecule has 0 saturated heterocycles. The number of urea groups is 1. The molecule has 1 atom stereocenters. The Bertz CT molecular complexity index is 1240. The Balaban J connectivity index is 1.75. The first-order valence-electron chi connectivity index (χ1n) is 11.7. The molecule has 0 bridgehead atoms. The number of carbonyl (C=O) groups excluding carboxylic acids is 1. The molecule has 1 aliphatic rings. The fourth-order valence-electron chi connectivity index (χ4n) is 4.67. The van der Waals surface area contributed by atoms with Crippen molar-refractivity contribution < 1.29 is 4.79 Å². The third-order valence-electron chi connectivity index (χ3n) is 6.21. The van der Waals surface area contributed by atoms with Crippen LogP contribution in [-0.4, -0.2) is 31.8 Å². The molecule has 3 heterocycles. The van der Waals surface area contributed by atoms with E-state index in [2.05, 4.69) is 66.3 Å². The van der Waals surface area contributed by atoms with Crippen molar-refractivity contribution in [3.05, 3.63) is 102 Å². The van der Waals surface area contributed by atoms with Gasteiger partial charge in [0.25, 0.3) is 0 Å². The minimum Gasteiger partial charge on any atom is -0.338 e. The summed E-state index contributed by atoms with van der Waals surface area (Å²) in [4.78, 5) is 15.4. The number of nitrogens with zero attached hydrogens (tertiary/aromatic N) is 4. The van der Waals surface area contributed by atoms with Crippen LogP contribution >= 0.6 is 0 Å². The molecule has 6 heteroatoms. The highest BCUT2D eigenvalue weighted by Crippen LogP contribution is 2.38. The summed E-state index contributed by atoms with van der Waals surface area (Å²) in [5.41, 5.74) is 5.24. The van der Waals surface area contributed by atoms with E-state index in [4.69, 9.17) is 5.10 Å². The number of amides is 2. The van der Waals surface area contributed by atoms with Crippen molar-refractivity contribution in [3.63, 3.8) is 0 Å². The van der Waals surface area contributed by atoms with Crippen LogP contribution in [0.2, 0.25) is 0 Å². The Morgan fingerprint density at radius 3 is 2.42 bits per heavy atom. The maximum atomic E-state index is 13.5. The zero-order valence-electron chi connectivity index (χ0n) is 19.1. The zero-order chi connectivity index (χ0) is 22.8. The smallest absolute Gasteiger partial charge is 0.318 e. The van der Waals surface area contributed by atoms with E-state index < -0.39 is 0 Å². The average Bonchev–Trinajstić information content (AvgIpc) is 3.44. The van der Waals surface area contributed by atoms with Gasteiger partial charge in [-0.1, -0.05) is 62.4 Å². The number of carbonyl (C=O) groups is 1. The Morgan fingerprint density at radius 1 is 1.00 bits per heavy atom. The van der Waals surface area contributed by atoms with Crippen molar-refractivity contribution in [2.75, 3.05) is 6.54 Å². The molecule has 33 heavy (non-hydrogen) atoms. The van der Waals surface area contributed by atoms with Gasteiger partial charge in [-0.05, 0) is 42.7 Å². The van der Waals surface area contributed by atoms with Gasteiger partial charge in [0.1, 0.15) is 5.82 Å². The first-order chi connectivity index (χ1) is 16.2. The number of benzene rings is 2. The van der Waals surface area contributed by atoms with E-state index >= 15 is 0 Å². The maximum Gasteiger partial charge on any atom is 0.318 e. The molecular weight excluding hydrogens is 410 g/mol. The summed E-state index contributed by atoms with van der Waals surface area (Å²) in [7, 11) is 0. The van der Waals surface area contributed by atoms with Gasteiger partial charge in [0.2, 0.25) is 0 Å². The van der Waals surface area contributed by atoms with Gasteiger partial charge in [-0.2, -0.15) is 5.10 Å². The minimum absolute atomic E-state index is 0.0548. The predicted molar refractivity (Wildman–Crippen MR) is 130 cm³/mol. The Hall–Kier alpha value is -3.80. The molecule has 6 nitrogen and oxygen atoms in total. The lowest BCUT2D eigenvalue weighted by Gasteiger charge is -2.31. The average molecular weight is 440 g/mol. The fourth-order valence-corrected chi connectivity index (χ4v) is 4.67. The molecule has 0 saturated carbocycles. The molecule has 0 unspecified atom stereocenters. The normalized spacial score (nSPS) is 15.0. The molecule has 168 valence electrons. The highest BCUT2D eigenvalue weighted by molar-refractivity contribution is 5.76. The summed E-state index contributed by atoms with van der Waals surface area (Å²) in [6.45, 7) is 5.33. The maximum absolute atomic E-state index is 13.5. The molecule has 5 rings (SSSR count). The number of aryl methyl sites for hydroxylation is 1. The van der Waals surface area contributed by atoms with Crippen molar-refractivity contribution >= 4 is 6.03 Å². The lowest BCUT2D eigenvalue weighted by atomic mass is 10.0. The molecule has 0 spiro atoms. The van der Waals surface area contributed by atoms with Gasteiger partial charge >= 0.3 is 6.03 Å². The summed E-state index contributed by atoms with van der Waals surface area (Å²) in [5.74, 6) is 1.00. The number of rotatable bonds is 5. The predicted octanol–water partition coefficient (Wildman–Crippen LogP) is 5.25. The van der Waals surface area contributed by atoms with Gasteiger partial charge in [-0.15, -0.1) is 0 Å². The Kier molecular flexibility index (Phi) is 5.73. The standard InChI is InChI=1S/C27H29N5O/c1-3-17-28-27(33)31-19-22-23(4-2)29-32(21-14-9-6-10-15-21)26(22)30-18-11-16-24(30)25(31)20-12-7-5-8-13-20/h5-16,18,25H,3-4,17,19H2,1-2H3,(H,28,33)/t25-/m0/s1. The van der Waals surface area contributed by atoms with E-state index in [1.807, 2.05) is 46.0 Å². The summed E-state index contributed by atoms with van der Waals surface area (Å²) < 4.78 is 4.23. The molecule has 0 radical (unpaired) electrons. The topological polar surface area (TPSA) is 55.1 Å². The molecule has 4 aromatic rings. The first-order valence-corrected chi connectivity index (χ1v) is 11.7. The number of fused-ring (bicyclic) bond motifs is 3. The van der Waals surface area contributed by atoms with Crippen LogP contribution in [0.5, 0.6) is 0 Å². The largest absolute Gasteiger partial charge is 0.338 e. The van der Waals surface area contributed by atoms with Crippen molar-refractivity contribution in [1.29, 1.82) is 0 Å². The monoisotopic (exact) mass is 439 g/mol. The summed E-state index contributed by atoms with van der Waals surface area (Å²) in [6, 6.07) is 24.4. The lowest BCUT2D eigenvalue weighted by Crippen LogP contribution is -2.42. The number of nitrogens with one attached hydrogen (secondary N) is 1. The van der Waals surface area contributed by atoms with Gasteiger partial charge in [-0.25, -0.2) is 9.48 Å². The SMILES string of the molecule is CCCNC(=O)N1Cc2c(CC)nn(-c3ccccc3)c2-n2cccc2[C@@H]1c1ccccc1. The third kappa shape index (κ3) is 3.71. The molecule has 1 N–H and O–H groups in total. The van der Waals surface area contributed by atoms with Crippen molar-refractivity contribution in [2.24, 2.45) is 0 Å². The number of aromatic nitrogens is 3. The quantitative estimate of drug-likeness (QED) is 0.462. The van der Waals surface area contributed by atoms with Crippen LogP contribution < -0.4 is 5.32 Å². The van der Waals surface area contributed by atoms with Crippen LogP contribution in [0.3, 0.4) is 0 Å². The highest BCUT2D eigenvalue weighted by Gasteiger charge is 2.36. The van der Waals surface area contributed by atoms with E-state index in [1.54, 1.807) is 0 Å². The van der Waals surface area contributed by atoms with Crippen LogP contribution in [0.1, 0.15) is 48.8 Å². The van der Waals surface area contributed by atoms with Gasteiger partial charge in [0.15, 0.2) is 0 Å². The second-order valence-electron chi connectivity index (χ2n) is 8.33. The summed E-state index contributed by atoms with van der Waals surface area (Å²) >= 11 is 0. The lowest BCUT2D eigenvalue weighted by molar-refractivity contribution is 0.180. The van der Waals surface area contributed by atoms with Crippen molar-refractivity contribution in [1.82, 2.24) is 24.6 Å². The van der Waals surface area contributed by atoms with Crippen LogP contribution in [0.15, 0.2) is 79.0 Å². The summed E-state index contributed by atoms with van der Waals surface area (Å²) in [5, 5.41) is 8.10. The van der Waals surface area contributed by atoms with Crippen molar-refractivity contribution in [2.45, 2.75) is 39.3 Å². The van der Waals surface area contributed by atoms with Crippen LogP contribution in [0.25, 0.3) is 11.5 Å². The van der Waals surface area contributed by atoms with Gasteiger partial charge < -0.3 is 14.8 Å². The van der Waals surface area contributed by atoms with E-state index in [0.29, 0.717) is 13.1 Å². The molecule has 2 amide bonds. The molecule has 1 aliphatic heterocycles. The number of hydrogen-bond donors (Lipinski definition) is 1. The van der Waals surface area contributed by atoms with Gasteiger partial charge in [-0.3, -0.25) is 0 Å². The van der Waals surface area contributed by atoms with E-state index in [1.165, 1.54) is 0 Å². The summed E-state index contributed by atoms with van der Waals surface area (Å²) in [6.07, 6.45) is 3.76. The Labute approximate surface area is 194 Å². The second kappa shape index (κ2) is 8.98. The second-order valence-corrected chi connectivity index (χ2v) is 8.33. The molecule has 0 aliphatic carbocycles. The van der Waals surface area contributed by atoms with Crippen LogP contribution in [-0.2, 0) is 13.0 Å². The third-order valence-corrected chi connectivity index (χ3v) is 6.21. The molecule has 2 aromatic carbocycles.